The van der Waals surface area contributed by atoms with Crippen LogP contribution in [0, 0.1) is 13.8 Å². The number of anilines is 1. The third kappa shape index (κ3) is 4.31. The maximum absolute atomic E-state index is 12.5. The molecule has 0 aliphatic heterocycles. The van der Waals surface area contributed by atoms with Gasteiger partial charge in [0.2, 0.25) is 15.9 Å². The highest BCUT2D eigenvalue weighted by Gasteiger charge is 2.18. The Hall–Kier alpha value is -2.18. The van der Waals surface area contributed by atoms with Gasteiger partial charge < -0.3 is 5.32 Å². The fourth-order valence-corrected chi connectivity index (χ4v) is 4.30. The first kappa shape index (κ1) is 18.6. The van der Waals surface area contributed by atoms with E-state index in [1.807, 2.05) is 38.1 Å². The highest BCUT2D eigenvalue weighted by Crippen LogP contribution is 2.24. The van der Waals surface area contributed by atoms with Gasteiger partial charge in [0, 0.05) is 5.69 Å². The van der Waals surface area contributed by atoms with E-state index in [1.165, 1.54) is 5.56 Å². The highest BCUT2D eigenvalue weighted by molar-refractivity contribution is 7.89. The number of sulfonamides is 1. The number of carbonyl (C=O) groups excluding carboxylic acids is 1. The molecule has 1 amide bonds. The number of nitrogens with one attached hydrogen (secondary N) is 2. The van der Waals surface area contributed by atoms with E-state index in [0.717, 1.165) is 42.4 Å². The number of fused-ring (bicyclic) bond motifs is 1. The number of hydrogen-bond donors (Lipinski definition) is 2. The molecular formula is C20H24N2O3S. The zero-order valence-electron chi connectivity index (χ0n) is 15.1. The summed E-state index contributed by atoms with van der Waals surface area (Å²) in [5.74, 6) is -0.390. The Morgan fingerprint density at radius 1 is 1.00 bits per heavy atom. The van der Waals surface area contributed by atoms with Crippen LogP contribution in [0.3, 0.4) is 0 Å². The maximum Gasteiger partial charge on any atom is 0.241 e. The van der Waals surface area contributed by atoms with Crippen molar-refractivity contribution < 1.29 is 13.2 Å². The van der Waals surface area contributed by atoms with Crippen molar-refractivity contribution in [1.29, 1.82) is 0 Å². The lowest BCUT2D eigenvalue weighted by atomic mass is 9.92. The number of rotatable bonds is 5. The van der Waals surface area contributed by atoms with Crippen molar-refractivity contribution in [3.8, 4) is 0 Å². The lowest BCUT2D eigenvalue weighted by Crippen LogP contribution is -2.33. The lowest BCUT2D eigenvalue weighted by Gasteiger charge is -2.16. The maximum atomic E-state index is 12.5. The summed E-state index contributed by atoms with van der Waals surface area (Å²) in [6.45, 7) is 3.58. The second-order valence-electron chi connectivity index (χ2n) is 6.83. The molecule has 1 aliphatic rings. The highest BCUT2D eigenvalue weighted by atomic mass is 32.2. The molecule has 0 aromatic heterocycles. The molecule has 2 N–H and O–H groups in total. The van der Waals surface area contributed by atoms with Gasteiger partial charge in [0.1, 0.15) is 0 Å². The first-order valence-electron chi connectivity index (χ1n) is 8.84. The van der Waals surface area contributed by atoms with Gasteiger partial charge in [-0.1, -0.05) is 23.8 Å². The summed E-state index contributed by atoms with van der Waals surface area (Å²) in [7, 11) is -3.71. The van der Waals surface area contributed by atoms with Crippen molar-refractivity contribution in [3.63, 3.8) is 0 Å². The van der Waals surface area contributed by atoms with E-state index in [1.54, 1.807) is 12.1 Å². The minimum absolute atomic E-state index is 0.220. The molecular weight excluding hydrogens is 348 g/mol. The number of hydrogen-bond acceptors (Lipinski definition) is 3. The van der Waals surface area contributed by atoms with Crippen LogP contribution in [-0.4, -0.2) is 20.9 Å². The summed E-state index contributed by atoms with van der Waals surface area (Å²) in [6, 6.07) is 10.9. The third-order valence-corrected chi connectivity index (χ3v) is 6.11. The molecule has 2 aromatic rings. The van der Waals surface area contributed by atoms with Crippen LogP contribution in [-0.2, 0) is 27.7 Å². The SMILES string of the molecule is Cc1ccc(NC(=O)CNS(=O)(=O)c2ccc3c(c2)CCCC3)c(C)c1. The van der Waals surface area contributed by atoms with Crippen molar-refractivity contribution in [2.75, 3.05) is 11.9 Å². The normalized spacial score (nSPS) is 13.9. The first-order chi connectivity index (χ1) is 12.3. The smallest absolute Gasteiger partial charge is 0.241 e. The Balaban J connectivity index is 1.65. The zero-order chi connectivity index (χ0) is 18.7. The van der Waals surface area contributed by atoms with Crippen molar-refractivity contribution in [2.45, 2.75) is 44.4 Å². The summed E-state index contributed by atoms with van der Waals surface area (Å²) in [6.07, 6.45) is 4.14. The van der Waals surface area contributed by atoms with Crippen LogP contribution in [0.25, 0.3) is 0 Å². The Morgan fingerprint density at radius 2 is 1.73 bits per heavy atom. The zero-order valence-corrected chi connectivity index (χ0v) is 15.9. The molecule has 138 valence electrons. The van der Waals surface area contributed by atoms with Crippen LogP contribution in [0.2, 0.25) is 0 Å². The fourth-order valence-electron chi connectivity index (χ4n) is 3.27. The van der Waals surface area contributed by atoms with Crippen LogP contribution in [0.1, 0.15) is 35.1 Å². The van der Waals surface area contributed by atoms with Gasteiger partial charge in [0.05, 0.1) is 11.4 Å². The van der Waals surface area contributed by atoms with E-state index in [9.17, 15) is 13.2 Å². The van der Waals surface area contributed by atoms with Crippen LogP contribution < -0.4 is 10.0 Å². The average molecular weight is 372 g/mol. The topological polar surface area (TPSA) is 75.3 Å². The van der Waals surface area contributed by atoms with E-state index >= 15 is 0 Å². The quantitative estimate of drug-likeness (QED) is 0.847. The second kappa shape index (κ2) is 7.60. The molecule has 0 radical (unpaired) electrons. The first-order valence-corrected chi connectivity index (χ1v) is 10.3. The number of amides is 1. The van der Waals surface area contributed by atoms with Crippen molar-refractivity contribution in [1.82, 2.24) is 4.72 Å². The van der Waals surface area contributed by atoms with Gasteiger partial charge in [-0.2, -0.15) is 0 Å². The summed E-state index contributed by atoms with van der Waals surface area (Å²) in [5, 5.41) is 2.75. The summed E-state index contributed by atoms with van der Waals surface area (Å²) >= 11 is 0. The standard InChI is InChI=1S/C20H24N2O3S/c1-14-7-10-19(15(2)11-14)22-20(23)13-21-26(24,25)18-9-8-16-5-3-4-6-17(16)12-18/h7-12,21H,3-6,13H2,1-2H3,(H,22,23). The molecule has 0 bridgehead atoms. The summed E-state index contributed by atoms with van der Waals surface area (Å²) in [4.78, 5) is 12.3. The molecule has 3 rings (SSSR count). The van der Waals surface area contributed by atoms with E-state index in [2.05, 4.69) is 10.0 Å². The largest absolute Gasteiger partial charge is 0.325 e. The summed E-state index contributed by atoms with van der Waals surface area (Å²) in [5.41, 5.74) is 5.06. The molecule has 5 nitrogen and oxygen atoms in total. The van der Waals surface area contributed by atoms with Crippen molar-refractivity contribution >= 4 is 21.6 Å². The van der Waals surface area contributed by atoms with Crippen LogP contribution in [0.4, 0.5) is 5.69 Å². The monoisotopic (exact) mass is 372 g/mol. The van der Waals surface area contributed by atoms with Gasteiger partial charge in [-0.25, -0.2) is 13.1 Å². The molecule has 2 aromatic carbocycles. The van der Waals surface area contributed by atoms with E-state index in [-0.39, 0.29) is 11.4 Å². The Kier molecular flexibility index (Phi) is 5.44. The van der Waals surface area contributed by atoms with Gasteiger partial charge in [0.15, 0.2) is 0 Å². The minimum atomic E-state index is -3.71. The van der Waals surface area contributed by atoms with Crippen LogP contribution in [0.5, 0.6) is 0 Å². The molecule has 0 spiro atoms. The number of aryl methyl sites for hydroxylation is 4. The minimum Gasteiger partial charge on any atom is -0.325 e. The van der Waals surface area contributed by atoms with Crippen molar-refractivity contribution in [3.05, 3.63) is 58.7 Å². The average Bonchev–Trinajstić information content (AvgIpc) is 2.62. The molecule has 1 aliphatic carbocycles. The predicted octanol–water partition coefficient (Wildman–Crippen LogP) is 3.10. The number of carbonyl (C=O) groups is 1. The molecule has 0 unspecified atom stereocenters. The molecule has 0 saturated carbocycles. The molecule has 0 fully saturated rings. The Labute approximate surface area is 154 Å². The van der Waals surface area contributed by atoms with E-state index in [0.29, 0.717) is 5.69 Å². The Morgan fingerprint density at radius 3 is 2.46 bits per heavy atom. The van der Waals surface area contributed by atoms with Gasteiger partial charge in [0.25, 0.3) is 0 Å². The van der Waals surface area contributed by atoms with Crippen molar-refractivity contribution in [2.24, 2.45) is 0 Å². The van der Waals surface area contributed by atoms with Crippen LogP contribution >= 0.6 is 0 Å². The molecule has 26 heavy (non-hydrogen) atoms. The molecule has 0 heterocycles. The van der Waals surface area contributed by atoms with Gasteiger partial charge in [-0.15, -0.1) is 0 Å². The van der Waals surface area contributed by atoms with Gasteiger partial charge in [-0.3, -0.25) is 4.79 Å². The number of benzene rings is 2. The van der Waals surface area contributed by atoms with Gasteiger partial charge >= 0.3 is 0 Å². The molecule has 6 heteroatoms. The lowest BCUT2D eigenvalue weighted by molar-refractivity contribution is -0.115. The predicted molar refractivity (Wildman–Crippen MR) is 103 cm³/mol. The van der Waals surface area contributed by atoms with E-state index in [4.69, 9.17) is 0 Å². The van der Waals surface area contributed by atoms with E-state index < -0.39 is 15.9 Å². The third-order valence-electron chi connectivity index (χ3n) is 4.71. The molecule has 0 saturated heterocycles. The summed E-state index contributed by atoms with van der Waals surface area (Å²) < 4.78 is 27.4. The second-order valence-corrected chi connectivity index (χ2v) is 8.60. The molecule has 0 atom stereocenters. The van der Waals surface area contributed by atoms with Crippen LogP contribution in [0.15, 0.2) is 41.3 Å². The van der Waals surface area contributed by atoms with Gasteiger partial charge in [-0.05, 0) is 74.4 Å². The fraction of sp³-hybridized carbons (Fsp3) is 0.350. The Bertz CT molecular complexity index is 936.